The van der Waals surface area contributed by atoms with Crippen LogP contribution in [0, 0.1) is 12.8 Å². The fourth-order valence-electron chi connectivity index (χ4n) is 3.60. The zero-order chi connectivity index (χ0) is 18.3. The molecule has 1 fully saturated rings. The normalized spacial score (nSPS) is 19.0. The number of hydrogen-bond donors (Lipinski definition) is 2. The lowest BCUT2D eigenvalue weighted by Crippen LogP contribution is -2.50. The molecule has 0 bridgehead atoms. The highest BCUT2D eigenvalue weighted by Gasteiger charge is 2.25. The van der Waals surface area contributed by atoms with E-state index in [9.17, 15) is 4.79 Å². The molecule has 9 heteroatoms. The van der Waals surface area contributed by atoms with Gasteiger partial charge >= 0.3 is 0 Å². The zero-order valence-corrected chi connectivity index (χ0v) is 18.5. The second-order valence-electron chi connectivity index (χ2n) is 6.99. The molecule has 0 aliphatic carbocycles. The summed E-state index contributed by atoms with van der Waals surface area (Å²) in [4.78, 5) is 19.0. The molecule has 152 valence electrons. The number of thiophene rings is 1. The summed E-state index contributed by atoms with van der Waals surface area (Å²) in [5.74, 6) is 0.413. The molecule has 1 amide bonds. The number of carbonyl (C=O) groups is 1. The highest BCUT2D eigenvalue weighted by atomic mass is 35.5. The third-order valence-electron chi connectivity index (χ3n) is 5.13. The van der Waals surface area contributed by atoms with Crippen LogP contribution < -0.4 is 10.6 Å². The average molecular weight is 442 g/mol. The van der Waals surface area contributed by atoms with E-state index in [0.717, 1.165) is 46.8 Å². The lowest BCUT2D eigenvalue weighted by molar-refractivity contribution is 0.0917. The van der Waals surface area contributed by atoms with Crippen LogP contribution >= 0.6 is 36.2 Å². The van der Waals surface area contributed by atoms with Gasteiger partial charge in [-0.15, -0.1) is 36.2 Å². The summed E-state index contributed by atoms with van der Waals surface area (Å²) in [6.45, 7) is 5.94. The van der Waals surface area contributed by atoms with Crippen molar-refractivity contribution < 1.29 is 4.79 Å². The van der Waals surface area contributed by atoms with Crippen molar-refractivity contribution in [3.63, 3.8) is 0 Å². The van der Waals surface area contributed by atoms with Crippen LogP contribution in [0.1, 0.15) is 29.4 Å². The van der Waals surface area contributed by atoms with Gasteiger partial charge in [-0.2, -0.15) is 5.10 Å². The van der Waals surface area contributed by atoms with E-state index in [1.54, 1.807) is 16.0 Å². The molecule has 4 heterocycles. The Morgan fingerprint density at radius 3 is 2.86 bits per heavy atom. The number of fused-ring (bicyclic) bond motifs is 1. The van der Waals surface area contributed by atoms with Crippen LogP contribution in [0.15, 0.2) is 23.6 Å². The monoisotopic (exact) mass is 441 g/mol. The van der Waals surface area contributed by atoms with E-state index >= 15 is 0 Å². The number of aryl methyl sites for hydroxylation is 2. The minimum atomic E-state index is -0.0492. The first-order valence-corrected chi connectivity index (χ1v) is 9.82. The van der Waals surface area contributed by atoms with Crippen LogP contribution in [0.2, 0.25) is 0 Å². The molecule has 3 aromatic rings. The number of nitrogens with zero attached hydrogens (tertiary/aromatic N) is 3. The average Bonchev–Trinajstić information content (AvgIpc) is 3.25. The summed E-state index contributed by atoms with van der Waals surface area (Å²) in [5.41, 5.74) is 3.04. The van der Waals surface area contributed by atoms with Gasteiger partial charge in [0.05, 0.1) is 27.2 Å². The highest BCUT2D eigenvalue weighted by molar-refractivity contribution is 7.13. The van der Waals surface area contributed by atoms with Crippen LogP contribution in [0.4, 0.5) is 0 Å². The van der Waals surface area contributed by atoms with Crippen molar-refractivity contribution in [2.45, 2.75) is 26.3 Å². The largest absolute Gasteiger partial charge is 0.348 e. The van der Waals surface area contributed by atoms with Gasteiger partial charge in [0.2, 0.25) is 0 Å². The third-order valence-corrected chi connectivity index (χ3v) is 6.02. The number of halogens is 2. The summed E-state index contributed by atoms with van der Waals surface area (Å²) < 4.78 is 1.75. The molecule has 6 nitrogen and oxygen atoms in total. The van der Waals surface area contributed by atoms with Crippen molar-refractivity contribution in [2.24, 2.45) is 13.0 Å². The lowest BCUT2D eigenvalue weighted by Gasteiger charge is -2.30. The molecule has 3 aromatic heterocycles. The minimum Gasteiger partial charge on any atom is -0.348 e. The van der Waals surface area contributed by atoms with E-state index in [-0.39, 0.29) is 36.8 Å². The predicted octanol–water partition coefficient (Wildman–Crippen LogP) is 3.58. The first-order chi connectivity index (χ1) is 12.5. The van der Waals surface area contributed by atoms with Crippen LogP contribution in [0.25, 0.3) is 21.6 Å². The maximum atomic E-state index is 13.2. The standard InChI is InChI=1S/C19H23N5OS.2ClH/c1-11-6-7-20-10-15(11)22-19(25)13-9-14(16-5-4-8-26-16)21-18-17(13)12(2)23-24(18)3;;/h4-5,8-9,11,15,20H,6-7,10H2,1-3H3,(H,22,25);2*1H. The van der Waals surface area contributed by atoms with Crippen molar-refractivity contribution >= 4 is 53.1 Å². The molecule has 2 N–H and O–H groups in total. The third kappa shape index (κ3) is 4.17. The van der Waals surface area contributed by atoms with E-state index in [0.29, 0.717) is 11.5 Å². The summed E-state index contributed by atoms with van der Waals surface area (Å²) in [6.07, 6.45) is 1.07. The van der Waals surface area contributed by atoms with Crippen LogP contribution in [0.3, 0.4) is 0 Å². The Hall–Kier alpha value is -1.67. The first-order valence-electron chi connectivity index (χ1n) is 8.94. The molecule has 2 atom stereocenters. The van der Waals surface area contributed by atoms with Gasteiger partial charge in [0.25, 0.3) is 5.91 Å². The highest BCUT2D eigenvalue weighted by Crippen LogP contribution is 2.29. The molecular formula is C19H25Cl2N5OS. The number of nitrogens with one attached hydrogen (secondary N) is 2. The number of carbonyl (C=O) groups excluding carboxylic acids is 1. The van der Waals surface area contributed by atoms with E-state index in [1.165, 1.54) is 0 Å². The second-order valence-corrected chi connectivity index (χ2v) is 7.94. The van der Waals surface area contributed by atoms with Crippen molar-refractivity contribution in [3.8, 4) is 10.6 Å². The Kier molecular flexibility index (Phi) is 7.45. The minimum absolute atomic E-state index is 0. The van der Waals surface area contributed by atoms with Gasteiger partial charge < -0.3 is 10.6 Å². The zero-order valence-electron chi connectivity index (χ0n) is 16.1. The summed E-state index contributed by atoms with van der Waals surface area (Å²) >= 11 is 1.62. The molecule has 1 saturated heterocycles. The van der Waals surface area contributed by atoms with Gasteiger partial charge in [-0.25, -0.2) is 4.98 Å². The maximum Gasteiger partial charge on any atom is 0.252 e. The Labute approximate surface area is 180 Å². The van der Waals surface area contributed by atoms with Crippen molar-refractivity contribution in [2.75, 3.05) is 13.1 Å². The Morgan fingerprint density at radius 1 is 1.39 bits per heavy atom. The first kappa shape index (κ1) is 22.6. The molecule has 1 aliphatic heterocycles. The van der Waals surface area contributed by atoms with Crippen LogP contribution in [-0.2, 0) is 7.05 Å². The van der Waals surface area contributed by atoms with Crippen LogP contribution in [0.5, 0.6) is 0 Å². The van der Waals surface area contributed by atoms with Crippen LogP contribution in [-0.4, -0.2) is 39.8 Å². The summed E-state index contributed by atoms with van der Waals surface area (Å²) in [5, 5.41) is 13.9. The van der Waals surface area contributed by atoms with E-state index < -0.39 is 0 Å². The number of rotatable bonds is 3. The number of piperidine rings is 1. The summed E-state index contributed by atoms with van der Waals surface area (Å²) in [7, 11) is 1.87. The Balaban J connectivity index is 0.00000140. The Morgan fingerprint density at radius 2 is 2.18 bits per heavy atom. The predicted molar refractivity (Wildman–Crippen MR) is 119 cm³/mol. The van der Waals surface area contributed by atoms with Gasteiger partial charge in [0.15, 0.2) is 5.65 Å². The number of amides is 1. The summed E-state index contributed by atoms with van der Waals surface area (Å²) in [6, 6.07) is 6.06. The van der Waals surface area contributed by atoms with Gasteiger partial charge in [-0.1, -0.05) is 13.0 Å². The molecule has 0 aromatic carbocycles. The molecule has 0 spiro atoms. The lowest BCUT2D eigenvalue weighted by atomic mass is 9.94. The number of pyridine rings is 1. The quantitative estimate of drug-likeness (QED) is 0.651. The molecule has 4 rings (SSSR count). The molecule has 28 heavy (non-hydrogen) atoms. The van der Waals surface area contributed by atoms with E-state index in [4.69, 9.17) is 4.98 Å². The fraction of sp³-hybridized carbons (Fsp3) is 0.421. The maximum absolute atomic E-state index is 13.2. The molecule has 0 radical (unpaired) electrons. The van der Waals surface area contributed by atoms with E-state index in [1.807, 2.05) is 37.6 Å². The SMILES string of the molecule is Cc1nn(C)c2nc(-c3cccs3)cc(C(=O)NC3CNCCC3C)c12.Cl.Cl. The smallest absolute Gasteiger partial charge is 0.252 e. The number of aromatic nitrogens is 3. The molecule has 2 unspecified atom stereocenters. The molecule has 1 aliphatic rings. The van der Waals surface area contributed by atoms with Crippen molar-refractivity contribution in [1.82, 2.24) is 25.4 Å². The fourth-order valence-corrected chi connectivity index (χ4v) is 4.29. The van der Waals surface area contributed by atoms with Gasteiger partial charge in [-0.3, -0.25) is 9.48 Å². The van der Waals surface area contributed by atoms with E-state index in [2.05, 4.69) is 22.7 Å². The van der Waals surface area contributed by atoms with Crippen molar-refractivity contribution in [1.29, 1.82) is 0 Å². The number of hydrogen-bond acceptors (Lipinski definition) is 5. The van der Waals surface area contributed by atoms with Gasteiger partial charge in [0, 0.05) is 19.6 Å². The molecular weight excluding hydrogens is 417 g/mol. The van der Waals surface area contributed by atoms with Gasteiger partial charge in [-0.05, 0) is 43.3 Å². The van der Waals surface area contributed by atoms with Gasteiger partial charge in [0.1, 0.15) is 0 Å². The molecule has 0 saturated carbocycles. The Bertz CT molecular complexity index is 957. The second kappa shape index (κ2) is 9.22. The van der Waals surface area contributed by atoms with Crippen molar-refractivity contribution in [3.05, 3.63) is 34.8 Å². The topological polar surface area (TPSA) is 71.8 Å².